The Bertz CT molecular complexity index is 1020. The van der Waals surface area contributed by atoms with E-state index in [0.717, 1.165) is 70.3 Å². The van der Waals surface area contributed by atoms with E-state index >= 15 is 0 Å². The number of ether oxygens (including phenoxy) is 1. The minimum atomic E-state index is -0.682. The van der Waals surface area contributed by atoms with Crippen molar-refractivity contribution in [1.29, 1.82) is 0 Å². The molecule has 0 spiro atoms. The monoisotopic (exact) mass is 527 g/mol. The van der Waals surface area contributed by atoms with E-state index in [1.807, 2.05) is 18.2 Å². The molecule has 1 saturated heterocycles. The number of hydrogen-bond acceptors (Lipinski definition) is 7. The number of phenols is 1. The number of carbonyl (C=O) groups excluding carboxylic acids is 2. The average Bonchev–Trinajstić information content (AvgIpc) is 2.91. The highest BCUT2D eigenvalue weighted by atomic mass is 16.5. The normalized spacial score (nSPS) is 14.5. The lowest BCUT2D eigenvalue weighted by molar-refractivity contribution is -0.118. The lowest BCUT2D eigenvalue weighted by Gasteiger charge is -2.25. The Morgan fingerprint density at radius 1 is 1.00 bits per heavy atom. The van der Waals surface area contributed by atoms with Crippen LogP contribution in [0.2, 0.25) is 0 Å². The molecule has 1 aliphatic heterocycles. The molecule has 1 atom stereocenters. The van der Waals surface area contributed by atoms with Crippen LogP contribution < -0.4 is 15.5 Å². The molecule has 2 aromatic carbocycles. The largest absolute Gasteiger partial charge is 0.508 e. The van der Waals surface area contributed by atoms with E-state index in [-0.39, 0.29) is 24.3 Å². The van der Waals surface area contributed by atoms with E-state index in [4.69, 9.17) is 4.74 Å². The van der Waals surface area contributed by atoms with Crippen molar-refractivity contribution in [3.8, 4) is 5.75 Å². The van der Waals surface area contributed by atoms with E-state index in [2.05, 4.69) is 10.6 Å². The minimum Gasteiger partial charge on any atom is -0.508 e. The fraction of sp³-hybridized carbons (Fsp3) is 0.517. The fourth-order valence-corrected chi connectivity index (χ4v) is 4.43. The Balaban J connectivity index is 1.17. The summed E-state index contributed by atoms with van der Waals surface area (Å²) in [4.78, 5) is 25.4. The molecule has 9 nitrogen and oxygen atoms in total. The predicted octanol–water partition coefficient (Wildman–Crippen LogP) is 3.55. The number of unbranched alkanes of at least 4 members (excludes halogenated alkanes) is 4. The van der Waals surface area contributed by atoms with Crippen molar-refractivity contribution in [2.75, 3.05) is 37.7 Å². The van der Waals surface area contributed by atoms with Crippen LogP contribution in [0, 0.1) is 0 Å². The average molecular weight is 528 g/mol. The van der Waals surface area contributed by atoms with Crippen LogP contribution in [-0.2, 0) is 22.6 Å². The third-order valence-electron chi connectivity index (χ3n) is 6.63. The minimum absolute atomic E-state index is 0.0340. The number of anilines is 1. The molecular formula is C29H41N3O6. The first-order valence-corrected chi connectivity index (χ1v) is 13.6. The maximum Gasteiger partial charge on any atom is 0.328 e. The van der Waals surface area contributed by atoms with Crippen LogP contribution in [0.3, 0.4) is 0 Å². The SMILES string of the molecule is O=C1CCNC(=O)N1c1cccc(CCCCOCCCCCCNC[C@@H](O)c2ccc(O)c(CO)c2)c1. The van der Waals surface area contributed by atoms with Crippen LogP contribution in [0.15, 0.2) is 42.5 Å². The summed E-state index contributed by atoms with van der Waals surface area (Å²) in [5.41, 5.74) is 2.82. The maximum absolute atomic E-state index is 12.1. The van der Waals surface area contributed by atoms with Gasteiger partial charge in [0, 0.05) is 38.3 Å². The van der Waals surface area contributed by atoms with Gasteiger partial charge in [0.25, 0.3) is 0 Å². The molecule has 1 heterocycles. The van der Waals surface area contributed by atoms with E-state index in [1.165, 1.54) is 11.0 Å². The van der Waals surface area contributed by atoms with Gasteiger partial charge in [0.2, 0.25) is 5.91 Å². The molecule has 0 radical (unpaired) electrons. The zero-order valence-electron chi connectivity index (χ0n) is 22.0. The van der Waals surface area contributed by atoms with Crippen LogP contribution in [0.5, 0.6) is 5.75 Å². The number of urea groups is 1. The van der Waals surface area contributed by atoms with Gasteiger partial charge in [0.1, 0.15) is 5.75 Å². The number of rotatable bonds is 17. The van der Waals surface area contributed by atoms with Crippen molar-refractivity contribution in [3.05, 3.63) is 59.2 Å². The number of aromatic hydroxyl groups is 1. The zero-order valence-corrected chi connectivity index (χ0v) is 22.0. The van der Waals surface area contributed by atoms with Crippen molar-refractivity contribution in [1.82, 2.24) is 10.6 Å². The highest BCUT2D eigenvalue weighted by Crippen LogP contribution is 2.22. The molecular weight excluding hydrogens is 486 g/mol. The summed E-state index contributed by atoms with van der Waals surface area (Å²) >= 11 is 0. The Morgan fingerprint density at radius 2 is 1.79 bits per heavy atom. The maximum atomic E-state index is 12.1. The highest BCUT2D eigenvalue weighted by Gasteiger charge is 2.27. The summed E-state index contributed by atoms with van der Waals surface area (Å²) in [7, 11) is 0. The van der Waals surface area contributed by atoms with Gasteiger partial charge in [-0.15, -0.1) is 0 Å². The number of amides is 3. The van der Waals surface area contributed by atoms with Crippen molar-refractivity contribution in [2.24, 2.45) is 0 Å². The number of aliphatic hydroxyl groups is 2. The van der Waals surface area contributed by atoms with E-state index in [9.17, 15) is 24.9 Å². The first-order valence-electron chi connectivity index (χ1n) is 13.6. The van der Waals surface area contributed by atoms with E-state index in [1.54, 1.807) is 18.2 Å². The number of nitrogens with one attached hydrogen (secondary N) is 2. The Labute approximate surface area is 224 Å². The van der Waals surface area contributed by atoms with Gasteiger partial charge in [0.15, 0.2) is 0 Å². The summed E-state index contributed by atoms with van der Waals surface area (Å²) in [6.45, 7) is 2.86. The molecule has 0 saturated carbocycles. The summed E-state index contributed by atoms with van der Waals surface area (Å²) in [6, 6.07) is 12.0. The van der Waals surface area contributed by atoms with Crippen molar-refractivity contribution in [2.45, 2.75) is 64.1 Å². The molecule has 3 rings (SSSR count). The molecule has 9 heteroatoms. The molecule has 0 aliphatic carbocycles. The quantitative estimate of drug-likeness (QED) is 0.199. The van der Waals surface area contributed by atoms with Crippen LogP contribution >= 0.6 is 0 Å². The van der Waals surface area contributed by atoms with Crippen LogP contribution in [0.4, 0.5) is 10.5 Å². The first-order chi connectivity index (χ1) is 18.5. The van der Waals surface area contributed by atoms with E-state index < -0.39 is 6.10 Å². The number of imide groups is 1. The predicted molar refractivity (Wildman–Crippen MR) is 146 cm³/mol. The number of benzene rings is 2. The van der Waals surface area contributed by atoms with Crippen LogP contribution in [0.25, 0.3) is 0 Å². The molecule has 5 N–H and O–H groups in total. The lowest BCUT2D eigenvalue weighted by atomic mass is 10.1. The van der Waals surface area contributed by atoms with Gasteiger partial charge >= 0.3 is 6.03 Å². The summed E-state index contributed by atoms with van der Waals surface area (Å²) in [6.07, 6.45) is 6.68. The number of nitrogens with zero attached hydrogens (tertiary/aromatic N) is 1. The zero-order chi connectivity index (χ0) is 27.2. The molecule has 208 valence electrons. The molecule has 38 heavy (non-hydrogen) atoms. The molecule has 3 amide bonds. The van der Waals surface area contributed by atoms with Gasteiger partial charge in [-0.1, -0.05) is 31.0 Å². The molecule has 0 bridgehead atoms. The Hall–Kier alpha value is -2.98. The molecule has 1 aliphatic rings. The number of carbonyl (C=O) groups is 2. The van der Waals surface area contributed by atoms with Gasteiger partial charge in [-0.05, 0) is 74.0 Å². The fourth-order valence-electron chi connectivity index (χ4n) is 4.43. The summed E-state index contributed by atoms with van der Waals surface area (Å²) < 4.78 is 5.76. The van der Waals surface area contributed by atoms with Gasteiger partial charge in [-0.25, -0.2) is 9.69 Å². The Kier molecular flexibility index (Phi) is 12.5. The molecule has 0 unspecified atom stereocenters. The summed E-state index contributed by atoms with van der Waals surface area (Å²) in [5.74, 6) is -0.135. The van der Waals surface area contributed by atoms with E-state index in [0.29, 0.717) is 36.3 Å². The summed E-state index contributed by atoms with van der Waals surface area (Å²) in [5, 5.41) is 35.1. The third kappa shape index (κ3) is 9.40. The van der Waals surface area contributed by atoms with Gasteiger partial charge < -0.3 is 30.7 Å². The van der Waals surface area contributed by atoms with Gasteiger partial charge in [-0.3, -0.25) is 4.79 Å². The first kappa shape index (κ1) is 29.6. The topological polar surface area (TPSA) is 131 Å². The Morgan fingerprint density at radius 3 is 2.58 bits per heavy atom. The number of aryl methyl sites for hydroxylation is 1. The van der Waals surface area contributed by atoms with Crippen molar-refractivity contribution >= 4 is 17.6 Å². The van der Waals surface area contributed by atoms with Crippen molar-refractivity contribution < 1.29 is 29.6 Å². The smallest absolute Gasteiger partial charge is 0.328 e. The third-order valence-corrected chi connectivity index (χ3v) is 6.63. The second-order valence-electron chi connectivity index (χ2n) is 9.63. The second kappa shape index (κ2) is 16.1. The number of hydrogen-bond donors (Lipinski definition) is 5. The molecule has 2 aromatic rings. The highest BCUT2D eigenvalue weighted by molar-refractivity contribution is 6.15. The number of aliphatic hydroxyl groups excluding tert-OH is 2. The lowest BCUT2D eigenvalue weighted by Crippen LogP contribution is -2.50. The van der Waals surface area contributed by atoms with Gasteiger partial charge in [-0.2, -0.15) is 0 Å². The molecule has 1 fully saturated rings. The molecule has 0 aromatic heterocycles. The van der Waals surface area contributed by atoms with Crippen molar-refractivity contribution in [3.63, 3.8) is 0 Å². The van der Waals surface area contributed by atoms with Crippen LogP contribution in [-0.4, -0.2) is 60.1 Å². The second-order valence-corrected chi connectivity index (χ2v) is 9.63. The van der Waals surface area contributed by atoms with Crippen LogP contribution in [0.1, 0.15) is 67.7 Å². The van der Waals surface area contributed by atoms with Gasteiger partial charge in [0.05, 0.1) is 18.4 Å². The standard InChI is InChI=1S/C29H41N3O6/c33-21-24-19-23(11-12-26(24)34)27(35)20-30-14-4-1-2-5-16-38-17-6-3-8-22-9-7-10-25(18-22)32-28(36)13-15-31-29(32)37/h7,9-12,18-19,27,30,33-35H,1-6,8,13-17,20-21H2,(H,31,37)/t27-/m1/s1.